The second-order valence-electron chi connectivity index (χ2n) is 9.49. The molecule has 0 fully saturated rings. The first kappa shape index (κ1) is 25.5. The van der Waals surface area contributed by atoms with E-state index in [9.17, 15) is 5.11 Å². The van der Waals surface area contributed by atoms with Gasteiger partial charge < -0.3 is 14.2 Å². The first-order chi connectivity index (χ1) is 14.5. The van der Waals surface area contributed by atoms with E-state index in [4.69, 9.17) is 13.6 Å². The SMILES string of the molecule is CCCC(C)COP(Oc1cc(C)cc(CC)c1)Oc1cc(C)c(O)c(C(C)(C)C)c1. The molecule has 0 amide bonds. The first-order valence-electron chi connectivity index (χ1n) is 11.3. The maximum Gasteiger partial charge on any atom is 0.463 e. The zero-order valence-corrected chi connectivity index (χ0v) is 21.3. The molecule has 0 heterocycles. The van der Waals surface area contributed by atoms with Crippen LogP contribution in [0.5, 0.6) is 17.2 Å². The Bertz CT molecular complexity index is 857. The summed E-state index contributed by atoms with van der Waals surface area (Å²) in [6.07, 6.45) is 3.16. The van der Waals surface area contributed by atoms with E-state index in [1.165, 1.54) is 5.56 Å². The summed E-state index contributed by atoms with van der Waals surface area (Å²) >= 11 is 0. The number of phenols is 1. The first-order valence-corrected chi connectivity index (χ1v) is 12.4. The summed E-state index contributed by atoms with van der Waals surface area (Å²) in [6, 6.07) is 9.97. The molecule has 0 aliphatic rings. The fourth-order valence-corrected chi connectivity index (χ4v) is 4.53. The molecule has 0 aliphatic heterocycles. The van der Waals surface area contributed by atoms with Crippen LogP contribution in [0.2, 0.25) is 0 Å². The van der Waals surface area contributed by atoms with Crippen LogP contribution in [0.1, 0.15) is 76.6 Å². The summed E-state index contributed by atoms with van der Waals surface area (Å²) in [5.74, 6) is 2.15. The fraction of sp³-hybridized carbons (Fsp3) is 0.538. The van der Waals surface area contributed by atoms with Crippen molar-refractivity contribution in [1.29, 1.82) is 0 Å². The van der Waals surface area contributed by atoms with Gasteiger partial charge in [-0.05, 0) is 79.0 Å². The molecule has 172 valence electrons. The summed E-state index contributed by atoms with van der Waals surface area (Å²) in [7, 11) is -1.64. The molecule has 0 saturated carbocycles. The van der Waals surface area contributed by atoms with Crippen molar-refractivity contribution in [2.75, 3.05) is 6.61 Å². The van der Waals surface area contributed by atoms with Crippen LogP contribution < -0.4 is 9.05 Å². The van der Waals surface area contributed by atoms with Gasteiger partial charge in [0.25, 0.3) is 0 Å². The van der Waals surface area contributed by atoms with Gasteiger partial charge in [-0.25, -0.2) is 0 Å². The monoisotopic (exact) mass is 446 g/mol. The third-order valence-corrected chi connectivity index (χ3v) is 6.29. The van der Waals surface area contributed by atoms with Crippen LogP contribution in [-0.2, 0) is 16.4 Å². The maximum absolute atomic E-state index is 10.5. The molecular formula is C26H39O4P. The molecule has 2 aromatic carbocycles. The Morgan fingerprint density at radius 3 is 2.19 bits per heavy atom. The molecule has 2 rings (SSSR count). The van der Waals surface area contributed by atoms with Crippen molar-refractivity contribution in [3.8, 4) is 17.2 Å². The number of aromatic hydroxyl groups is 1. The van der Waals surface area contributed by atoms with Gasteiger partial charge in [0.05, 0.1) is 6.61 Å². The zero-order chi connectivity index (χ0) is 23.2. The molecule has 2 aromatic rings. The number of benzene rings is 2. The molecule has 0 radical (unpaired) electrons. The highest BCUT2D eigenvalue weighted by molar-refractivity contribution is 7.42. The van der Waals surface area contributed by atoms with E-state index in [2.05, 4.69) is 54.5 Å². The van der Waals surface area contributed by atoms with Gasteiger partial charge >= 0.3 is 8.60 Å². The van der Waals surface area contributed by atoms with Crippen molar-refractivity contribution in [3.63, 3.8) is 0 Å². The molecule has 5 heteroatoms. The summed E-state index contributed by atoms with van der Waals surface area (Å²) in [6.45, 7) is 17.3. The van der Waals surface area contributed by atoms with Crippen molar-refractivity contribution in [2.45, 2.75) is 80.1 Å². The largest absolute Gasteiger partial charge is 0.507 e. The lowest BCUT2D eigenvalue weighted by Crippen LogP contribution is -2.12. The minimum atomic E-state index is -1.64. The Kier molecular flexibility index (Phi) is 9.21. The molecule has 0 aliphatic carbocycles. The molecule has 4 nitrogen and oxygen atoms in total. The Balaban J connectivity index is 2.30. The van der Waals surface area contributed by atoms with Crippen molar-refractivity contribution in [3.05, 3.63) is 52.6 Å². The number of aryl methyl sites for hydroxylation is 3. The van der Waals surface area contributed by atoms with Crippen molar-refractivity contribution < 1.29 is 18.7 Å². The molecule has 0 spiro atoms. The van der Waals surface area contributed by atoms with Gasteiger partial charge in [-0.2, -0.15) is 0 Å². The predicted octanol–water partition coefficient (Wildman–Crippen LogP) is 8.01. The Labute approximate surface area is 189 Å². The van der Waals surface area contributed by atoms with Crippen LogP contribution in [0.25, 0.3) is 0 Å². The molecule has 2 unspecified atom stereocenters. The normalized spacial score (nSPS) is 13.7. The smallest absolute Gasteiger partial charge is 0.463 e. The lowest BCUT2D eigenvalue weighted by Gasteiger charge is -2.24. The van der Waals surface area contributed by atoms with Crippen molar-refractivity contribution in [2.24, 2.45) is 5.92 Å². The number of hydrogen-bond donors (Lipinski definition) is 1. The van der Waals surface area contributed by atoms with E-state index < -0.39 is 8.60 Å². The second-order valence-corrected chi connectivity index (χ2v) is 10.6. The third kappa shape index (κ3) is 7.70. The number of rotatable bonds is 10. The molecule has 0 bridgehead atoms. The van der Waals surface area contributed by atoms with Gasteiger partial charge in [-0.15, -0.1) is 0 Å². The summed E-state index contributed by atoms with van der Waals surface area (Å²) in [5.41, 5.74) is 3.79. The maximum atomic E-state index is 10.5. The van der Waals surface area contributed by atoms with Gasteiger partial charge in [0.1, 0.15) is 17.2 Å². The average Bonchev–Trinajstić information content (AvgIpc) is 2.67. The quantitative estimate of drug-likeness (QED) is 0.376. The van der Waals surface area contributed by atoms with Crippen LogP contribution in [0.15, 0.2) is 30.3 Å². The summed E-state index contributed by atoms with van der Waals surface area (Å²) in [5, 5.41) is 10.5. The van der Waals surface area contributed by atoms with Crippen molar-refractivity contribution >= 4 is 8.60 Å². The van der Waals surface area contributed by atoms with E-state index in [1.807, 2.05) is 31.2 Å². The van der Waals surface area contributed by atoms with Gasteiger partial charge in [0.15, 0.2) is 0 Å². The van der Waals surface area contributed by atoms with Gasteiger partial charge in [0, 0.05) is 5.56 Å². The topological polar surface area (TPSA) is 47.9 Å². The number of phenolic OH excluding ortho intramolecular Hbond substituents is 1. The van der Waals surface area contributed by atoms with Gasteiger partial charge in [0.2, 0.25) is 0 Å². The predicted molar refractivity (Wildman–Crippen MR) is 130 cm³/mol. The fourth-order valence-electron chi connectivity index (χ4n) is 3.46. The molecule has 31 heavy (non-hydrogen) atoms. The third-order valence-electron chi connectivity index (χ3n) is 5.21. The molecule has 1 N–H and O–H groups in total. The lowest BCUT2D eigenvalue weighted by molar-refractivity contribution is 0.221. The van der Waals surface area contributed by atoms with Crippen LogP contribution >= 0.6 is 8.60 Å². The molecule has 2 atom stereocenters. The highest BCUT2D eigenvalue weighted by atomic mass is 31.2. The number of hydrogen-bond acceptors (Lipinski definition) is 4. The van der Waals surface area contributed by atoms with Crippen LogP contribution in [0.4, 0.5) is 0 Å². The van der Waals surface area contributed by atoms with E-state index in [0.717, 1.165) is 41.7 Å². The lowest BCUT2D eigenvalue weighted by atomic mass is 9.85. The second kappa shape index (κ2) is 11.2. The average molecular weight is 447 g/mol. The summed E-state index contributed by atoms with van der Waals surface area (Å²) in [4.78, 5) is 0. The van der Waals surface area contributed by atoms with E-state index >= 15 is 0 Å². The van der Waals surface area contributed by atoms with Gasteiger partial charge in [-0.1, -0.05) is 54.0 Å². The standard InChI is InChI=1S/C26H39O4P/c1-9-11-18(3)17-28-31(29-22-13-19(4)12-21(10-2)15-22)30-23-14-20(5)25(27)24(16-23)26(6,7)8/h12-16,18,27H,9-11,17H2,1-8H3. The Morgan fingerprint density at radius 1 is 0.968 bits per heavy atom. The molecular weight excluding hydrogens is 407 g/mol. The van der Waals surface area contributed by atoms with Gasteiger partial charge in [-0.3, -0.25) is 4.52 Å². The highest BCUT2D eigenvalue weighted by Gasteiger charge is 2.24. The minimum Gasteiger partial charge on any atom is -0.507 e. The van der Waals surface area contributed by atoms with Crippen LogP contribution in [-0.4, -0.2) is 11.7 Å². The van der Waals surface area contributed by atoms with E-state index in [0.29, 0.717) is 24.0 Å². The highest BCUT2D eigenvalue weighted by Crippen LogP contribution is 2.45. The Hall–Kier alpha value is -1.77. The van der Waals surface area contributed by atoms with Crippen LogP contribution in [0.3, 0.4) is 0 Å². The Morgan fingerprint density at radius 2 is 1.61 bits per heavy atom. The van der Waals surface area contributed by atoms with Crippen molar-refractivity contribution in [1.82, 2.24) is 0 Å². The zero-order valence-electron chi connectivity index (χ0n) is 20.4. The summed E-state index contributed by atoms with van der Waals surface area (Å²) < 4.78 is 18.6. The molecule has 0 aromatic heterocycles. The minimum absolute atomic E-state index is 0.207. The van der Waals surface area contributed by atoms with E-state index in [-0.39, 0.29) is 5.41 Å². The van der Waals surface area contributed by atoms with Crippen LogP contribution in [0, 0.1) is 19.8 Å². The molecule has 0 saturated heterocycles. The van der Waals surface area contributed by atoms with E-state index in [1.54, 1.807) is 0 Å².